The van der Waals surface area contributed by atoms with Crippen LogP contribution in [-0.2, 0) is 17.9 Å². The zero-order valence-electron chi connectivity index (χ0n) is 17.4. The summed E-state index contributed by atoms with van der Waals surface area (Å²) in [5.74, 6) is 1.50. The summed E-state index contributed by atoms with van der Waals surface area (Å²) in [7, 11) is 0. The molecular formula is C23H31N3O3. The van der Waals surface area contributed by atoms with Crippen molar-refractivity contribution in [2.45, 2.75) is 58.7 Å². The van der Waals surface area contributed by atoms with E-state index >= 15 is 0 Å². The Kier molecular flexibility index (Phi) is 7.33. The van der Waals surface area contributed by atoms with Crippen molar-refractivity contribution in [2.75, 3.05) is 13.1 Å². The Morgan fingerprint density at radius 3 is 2.48 bits per heavy atom. The van der Waals surface area contributed by atoms with Gasteiger partial charge in [0, 0.05) is 19.1 Å². The van der Waals surface area contributed by atoms with Crippen LogP contribution in [0.5, 0.6) is 0 Å². The second-order valence-corrected chi connectivity index (χ2v) is 7.69. The van der Waals surface area contributed by atoms with Gasteiger partial charge in [-0.05, 0) is 43.9 Å². The average Bonchev–Trinajstić information content (AvgIpc) is 3.48. The molecule has 1 aliphatic carbocycles. The number of urea groups is 1. The molecule has 1 aliphatic rings. The predicted octanol–water partition coefficient (Wildman–Crippen LogP) is 4.09. The van der Waals surface area contributed by atoms with Gasteiger partial charge in [-0.3, -0.25) is 4.79 Å². The van der Waals surface area contributed by atoms with Crippen LogP contribution in [0.3, 0.4) is 0 Å². The molecule has 2 aromatic rings. The predicted molar refractivity (Wildman–Crippen MR) is 112 cm³/mol. The van der Waals surface area contributed by atoms with Crippen LogP contribution < -0.4 is 5.32 Å². The van der Waals surface area contributed by atoms with Gasteiger partial charge in [-0.15, -0.1) is 0 Å². The lowest BCUT2D eigenvalue weighted by Gasteiger charge is -2.27. The number of carbonyl (C=O) groups excluding carboxylic acids is 2. The summed E-state index contributed by atoms with van der Waals surface area (Å²) in [6.07, 6.45) is 3.89. The number of benzene rings is 1. The van der Waals surface area contributed by atoms with Crippen LogP contribution in [0.4, 0.5) is 4.79 Å². The van der Waals surface area contributed by atoms with Crippen molar-refractivity contribution in [1.82, 2.24) is 15.1 Å². The summed E-state index contributed by atoms with van der Waals surface area (Å²) < 4.78 is 5.69. The van der Waals surface area contributed by atoms with E-state index in [1.807, 2.05) is 49.4 Å². The molecule has 0 bridgehead atoms. The minimum atomic E-state index is -0.136. The summed E-state index contributed by atoms with van der Waals surface area (Å²) in [6.45, 7) is 5.59. The van der Waals surface area contributed by atoms with E-state index in [9.17, 15) is 9.59 Å². The number of amides is 3. The molecule has 1 heterocycles. The van der Waals surface area contributed by atoms with Gasteiger partial charge < -0.3 is 19.5 Å². The van der Waals surface area contributed by atoms with E-state index in [1.54, 1.807) is 9.80 Å². The highest BCUT2D eigenvalue weighted by atomic mass is 16.3. The second-order valence-electron chi connectivity index (χ2n) is 7.69. The lowest BCUT2D eigenvalue weighted by Crippen LogP contribution is -2.47. The van der Waals surface area contributed by atoms with Crippen molar-refractivity contribution in [3.63, 3.8) is 0 Å². The van der Waals surface area contributed by atoms with Crippen molar-refractivity contribution in [1.29, 1.82) is 0 Å². The maximum Gasteiger partial charge on any atom is 0.318 e. The van der Waals surface area contributed by atoms with E-state index < -0.39 is 0 Å². The molecule has 1 fully saturated rings. The van der Waals surface area contributed by atoms with Crippen LogP contribution in [0.1, 0.15) is 49.7 Å². The SMILES string of the molecule is CCCCNC(=O)N(CC(=O)N(Cc1ccccc1)Cc1ccc(C)o1)C1CC1. The Balaban J connectivity index is 1.69. The molecule has 29 heavy (non-hydrogen) atoms. The normalized spacial score (nSPS) is 13.2. The number of nitrogens with one attached hydrogen (secondary N) is 1. The van der Waals surface area contributed by atoms with Gasteiger partial charge in [-0.25, -0.2) is 4.79 Å². The molecule has 6 heteroatoms. The van der Waals surface area contributed by atoms with Gasteiger partial charge in [0.25, 0.3) is 0 Å². The molecule has 1 saturated carbocycles. The number of hydrogen-bond acceptors (Lipinski definition) is 3. The molecule has 1 aromatic carbocycles. The van der Waals surface area contributed by atoms with Crippen molar-refractivity contribution in [3.05, 3.63) is 59.5 Å². The standard InChI is InChI=1S/C23H31N3O3/c1-3-4-14-24-23(28)26(20-11-12-20)17-22(27)25(15-19-8-6-5-7-9-19)16-21-13-10-18(2)29-21/h5-10,13,20H,3-4,11-12,14-17H2,1-2H3,(H,24,28). The van der Waals surface area contributed by atoms with E-state index in [2.05, 4.69) is 12.2 Å². The largest absolute Gasteiger partial charge is 0.464 e. The molecule has 0 saturated heterocycles. The highest BCUT2D eigenvalue weighted by Gasteiger charge is 2.34. The third kappa shape index (κ3) is 6.38. The number of rotatable bonds is 10. The third-order valence-electron chi connectivity index (χ3n) is 5.07. The van der Waals surface area contributed by atoms with Crippen molar-refractivity contribution >= 4 is 11.9 Å². The van der Waals surface area contributed by atoms with E-state index in [4.69, 9.17) is 4.42 Å². The molecule has 3 amide bonds. The Labute approximate surface area is 172 Å². The van der Waals surface area contributed by atoms with Gasteiger partial charge in [-0.1, -0.05) is 43.7 Å². The van der Waals surface area contributed by atoms with Gasteiger partial charge >= 0.3 is 6.03 Å². The first-order chi connectivity index (χ1) is 14.1. The summed E-state index contributed by atoms with van der Waals surface area (Å²) in [5.41, 5.74) is 1.05. The van der Waals surface area contributed by atoms with E-state index in [1.165, 1.54) is 0 Å². The topological polar surface area (TPSA) is 65.8 Å². The Bertz CT molecular complexity index is 799. The Hall–Kier alpha value is -2.76. The molecule has 0 aliphatic heterocycles. The summed E-state index contributed by atoms with van der Waals surface area (Å²) in [6, 6.07) is 13.7. The number of nitrogens with zero attached hydrogens (tertiary/aromatic N) is 2. The molecular weight excluding hydrogens is 366 g/mol. The van der Waals surface area contributed by atoms with Gasteiger partial charge in [0.15, 0.2) is 0 Å². The maximum atomic E-state index is 13.2. The highest BCUT2D eigenvalue weighted by molar-refractivity contribution is 5.84. The smallest absolute Gasteiger partial charge is 0.318 e. The first kappa shape index (κ1) is 21.0. The van der Waals surface area contributed by atoms with Gasteiger partial charge in [-0.2, -0.15) is 0 Å². The summed E-state index contributed by atoms with van der Waals surface area (Å²) in [4.78, 5) is 29.3. The molecule has 0 spiro atoms. The monoisotopic (exact) mass is 397 g/mol. The molecule has 6 nitrogen and oxygen atoms in total. The average molecular weight is 398 g/mol. The fourth-order valence-corrected chi connectivity index (χ4v) is 3.27. The van der Waals surface area contributed by atoms with Crippen LogP contribution in [0.15, 0.2) is 46.9 Å². The van der Waals surface area contributed by atoms with Crippen LogP contribution in [0.25, 0.3) is 0 Å². The molecule has 0 unspecified atom stereocenters. The lowest BCUT2D eigenvalue weighted by atomic mass is 10.2. The number of furan rings is 1. The first-order valence-corrected chi connectivity index (χ1v) is 10.5. The molecule has 0 radical (unpaired) electrons. The zero-order valence-corrected chi connectivity index (χ0v) is 17.4. The van der Waals surface area contributed by atoms with E-state index in [0.29, 0.717) is 19.6 Å². The fourth-order valence-electron chi connectivity index (χ4n) is 3.27. The van der Waals surface area contributed by atoms with Gasteiger partial charge in [0.1, 0.15) is 18.1 Å². The Morgan fingerprint density at radius 1 is 1.10 bits per heavy atom. The number of aryl methyl sites for hydroxylation is 1. The second kappa shape index (κ2) is 10.1. The summed E-state index contributed by atoms with van der Waals surface area (Å²) in [5, 5.41) is 2.95. The quantitative estimate of drug-likeness (QED) is 0.614. The van der Waals surface area contributed by atoms with Gasteiger partial charge in [0.05, 0.1) is 6.54 Å². The van der Waals surface area contributed by atoms with Crippen molar-refractivity contribution in [2.24, 2.45) is 0 Å². The zero-order chi connectivity index (χ0) is 20.6. The molecule has 156 valence electrons. The van der Waals surface area contributed by atoms with E-state index in [-0.39, 0.29) is 24.5 Å². The first-order valence-electron chi connectivity index (χ1n) is 10.5. The summed E-state index contributed by atoms with van der Waals surface area (Å²) >= 11 is 0. The lowest BCUT2D eigenvalue weighted by molar-refractivity contribution is -0.133. The van der Waals surface area contributed by atoms with Crippen LogP contribution in [-0.4, -0.2) is 40.9 Å². The fraction of sp³-hybridized carbons (Fsp3) is 0.478. The van der Waals surface area contributed by atoms with Crippen molar-refractivity contribution < 1.29 is 14.0 Å². The minimum absolute atomic E-state index is 0.0690. The van der Waals surface area contributed by atoms with Crippen molar-refractivity contribution in [3.8, 4) is 0 Å². The van der Waals surface area contributed by atoms with Crippen LogP contribution >= 0.6 is 0 Å². The molecule has 0 atom stereocenters. The Morgan fingerprint density at radius 2 is 1.86 bits per heavy atom. The van der Waals surface area contributed by atoms with Crippen LogP contribution in [0, 0.1) is 6.92 Å². The van der Waals surface area contributed by atoms with E-state index in [0.717, 1.165) is 42.8 Å². The maximum absolute atomic E-state index is 13.2. The number of carbonyl (C=O) groups is 2. The molecule has 1 N–H and O–H groups in total. The number of unbranched alkanes of at least 4 members (excludes halogenated alkanes) is 1. The molecule has 3 rings (SSSR count). The minimum Gasteiger partial charge on any atom is -0.464 e. The van der Waals surface area contributed by atoms with Gasteiger partial charge in [0.2, 0.25) is 5.91 Å². The van der Waals surface area contributed by atoms with Crippen LogP contribution in [0.2, 0.25) is 0 Å². The third-order valence-corrected chi connectivity index (χ3v) is 5.07. The number of hydrogen-bond donors (Lipinski definition) is 1. The molecule has 1 aromatic heterocycles. The highest BCUT2D eigenvalue weighted by Crippen LogP contribution is 2.27.